The van der Waals surface area contributed by atoms with Crippen molar-refractivity contribution in [3.05, 3.63) is 65.7 Å². The van der Waals surface area contributed by atoms with Crippen molar-refractivity contribution < 1.29 is 28.2 Å². The Morgan fingerprint density at radius 3 is 2.48 bits per heavy atom. The normalized spacial score (nSPS) is 19.5. The molecule has 0 spiro atoms. The van der Waals surface area contributed by atoms with Gasteiger partial charge in [-0.3, -0.25) is 9.69 Å². The summed E-state index contributed by atoms with van der Waals surface area (Å²) in [6.07, 6.45) is 0.0156. The maximum Gasteiger partial charge on any atom is 0.335 e. The van der Waals surface area contributed by atoms with Crippen molar-refractivity contribution in [1.29, 1.82) is 0 Å². The molecule has 1 N–H and O–H groups in total. The lowest BCUT2D eigenvalue weighted by atomic mass is 9.88. The van der Waals surface area contributed by atoms with Crippen molar-refractivity contribution in [2.75, 3.05) is 19.7 Å². The number of Topliss-reactive ketones (excluding diaryl/α,β-unsaturated/α-hetero) is 1. The molecule has 166 valence electrons. The second-order valence-corrected chi connectivity index (χ2v) is 8.04. The summed E-state index contributed by atoms with van der Waals surface area (Å²) < 4.78 is 33.7. The summed E-state index contributed by atoms with van der Waals surface area (Å²) in [7, 11) is 0. The molecule has 0 saturated carbocycles. The van der Waals surface area contributed by atoms with Crippen LogP contribution in [0.15, 0.2) is 54.6 Å². The van der Waals surface area contributed by atoms with Crippen molar-refractivity contribution >= 4 is 11.8 Å². The van der Waals surface area contributed by atoms with Crippen molar-refractivity contribution in [3.63, 3.8) is 0 Å². The van der Waals surface area contributed by atoms with E-state index in [0.717, 1.165) is 5.56 Å². The molecule has 3 rings (SSSR count). The van der Waals surface area contributed by atoms with E-state index in [9.17, 15) is 18.4 Å². The smallest absolute Gasteiger partial charge is 0.335 e. The molecule has 2 aromatic rings. The van der Waals surface area contributed by atoms with Gasteiger partial charge in [-0.2, -0.15) is 0 Å². The SMILES string of the molecule is C[C@H](CC(=O)[C@H]1CCC(F)(F)CN1CCOc1ccccc1)c1ccc(C(=O)O)cc1. The average molecular weight is 431 g/mol. The van der Waals surface area contributed by atoms with Crippen LogP contribution < -0.4 is 4.74 Å². The first-order valence-electron chi connectivity index (χ1n) is 10.4. The van der Waals surface area contributed by atoms with Gasteiger partial charge in [-0.15, -0.1) is 0 Å². The van der Waals surface area contributed by atoms with E-state index in [1.807, 2.05) is 25.1 Å². The Labute approximate surface area is 180 Å². The van der Waals surface area contributed by atoms with Gasteiger partial charge in [0.05, 0.1) is 18.2 Å². The van der Waals surface area contributed by atoms with E-state index in [0.29, 0.717) is 5.75 Å². The number of ketones is 1. The number of carbonyl (C=O) groups is 2. The van der Waals surface area contributed by atoms with Crippen molar-refractivity contribution in [3.8, 4) is 5.75 Å². The fraction of sp³-hybridized carbons (Fsp3) is 0.417. The first-order valence-corrected chi connectivity index (χ1v) is 10.4. The number of benzene rings is 2. The lowest BCUT2D eigenvalue weighted by molar-refractivity contribution is -0.134. The van der Waals surface area contributed by atoms with Crippen LogP contribution in [-0.4, -0.2) is 53.4 Å². The summed E-state index contributed by atoms with van der Waals surface area (Å²) in [6, 6.07) is 15.0. The highest BCUT2D eigenvalue weighted by Crippen LogP contribution is 2.32. The quantitative estimate of drug-likeness (QED) is 0.627. The minimum atomic E-state index is -2.82. The lowest BCUT2D eigenvalue weighted by Gasteiger charge is -2.38. The number of hydrogen-bond donors (Lipinski definition) is 1. The summed E-state index contributed by atoms with van der Waals surface area (Å²) in [5.74, 6) is -3.38. The van der Waals surface area contributed by atoms with Crippen molar-refractivity contribution in [2.45, 2.75) is 44.1 Å². The Hall–Kier alpha value is -2.80. The monoisotopic (exact) mass is 431 g/mol. The number of ether oxygens (including phenoxy) is 1. The summed E-state index contributed by atoms with van der Waals surface area (Å²) in [5, 5.41) is 9.01. The van der Waals surface area contributed by atoms with Gasteiger partial charge in [0.25, 0.3) is 5.92 Å². The van der Waals surface area contributed by atoms with Gasteiger partial charge >= 0.3 is 5.97 Å². The average Bonchev–Trinajstić information content (AvgIpc) is 2.74. The first-order chi connectivity index (χ1) is 14.7. The fourth-order valence-electron chi connectivity index (χ4n) is 3.92. The maximum absolute atomic E-state index is 14.0. The number of halogens is 2. The second-order valence-electron chi connectivity index (χ2n) is 8.04. The molecule has 1 heterocycles. The number of piperidine rings is 1. The number of aromatic carboxylic acids is 1. The molecule has 0 aromatic heterocycles. The summed E-state index contributed by atoms with van der Waals surface area (Å²) >= 11 is 0. The van der Waals surface area contributed by atoms with E-state index in [1.54, 1.807) is 24.3 Å². The Bertz CT molecular complexity index is 886. The number of carboxylic acids is 1. The molecule has 1 fully saturated rings. The molecule has 0 unspecified atom stereocenters. The van der Waals surface area contributed by atoms with Crippen LogP contribution in [-0.2, 0) is 4.79 Å². The predicted molar refractivity (Wildman–Crippen MR) is 113 cm³/mol. The van der Waals surface area contributed by atoms with Crippen LogP contribution >= 0.6 is 0 Å². The first kappa shape index (κ1) is 22.9. The standard InChI is InChI=1S/C24H27F2NO4/c1-17(18-7-9-19(10-8-18)23(29)30)15-22(28)21-11-12-24(25,26)16-27(21)13-14-31-20-5-3-2-4-6-20/h2-10,17,21H,11-16H2,1H3,(H,29,30)/t17-,21-/m1/s1. The molecular formula is C24H27F2NO4. The predicted octanol–water partition coefficient (Wildman–Crippen LogP) is 4.63. The lowest BCUT2D eigenvalue weighted by Crippen LogP contribution is -2.53. The van der Waals surface area contributed by atoms with Gasteiger partial charge in [0.1, 0.15) is 12.4 Å². The number of carbonyl (C=O) groups excluding carboxylic acids is 1. The van der Waals surface area contributed by atoms with E-state index in [2.05, 4.69) is 0 Å². The molecule has 2 atom stereocenters. The molecule has 0 radical (unpaired) electrons. The van der Waals surface area contributed by atoms with Crippen LogP contribution in [0.5, 0.6) is 5.75 Å². The second kappa shape index (κ2) is 10.0. The maximum atomic E-state index is 14.0. The molecule has 2 aromatic carbocycles. The molecule has 1 aliphatic rings. The van der Waals surface area contributed by atoms with E-state index in [-0.39, 0.29) is 49.7 Å². The van der Waals surface area contributed by atoms with Gasteiger partial charge in [-0.1, -0.05) is 37.3 Å². The number of rotatable bonds is 9. The molecular weight excluding hydrogens is 404 g/mol. The zero-order chi connectivity index (χ0) is 22.4. The molecule has 5 nitrogen and oxygen atoms in total. The number of hydrogen-bond acceptors (Lipinski definition) is 4. The van der Waals surface area contributed by atoms with E-state index in [4.69, 9.17) is 9.84 Å². The number of nitrogens with zero attached hydrogens (tertiary/aromatic N) is 1. The molecule has 31 heavy (non-hydrogen) atoms. The van der Waals surface area contributed by atoms with E-state index >= 15 is 0 Å². The number of para-hydroxylation sites is 1. The number of carboxylic acid groups (broad SMARTS) is 1. The Kier molecular flexibility index (Phi) is 7.38. The zero-order valence-corrected chi connectivity index (χ0v) is 17.5. The summed E-state index contributed by atoms with van der Waals surface area (Å²) in [5.41, 5.74) is 1.03. The molecule has 0 amide bonds. The summed E-state index contributed by atoms with van der Waals surface area (Å²) in [6.45, 7) is 1.88. The van der Waals surface area contributed by atoms with Crippen LogP contribution in [0.1, 0.15) is 48.0 Å². The van der Waals surface area contributed by atoms with Crippen molar-refractivity contribution in [1.82, 2.24) is 4.90 Å². The van der Waals surface area contributed by atoms with Crippen LogP contribution in [0.3, 0.4) is 0 Å². The Balaban J connectivity index is 1.61. The van der Waals surface area contributed by atoms with E-state index in [1.165, 1.54) is 17.0 Å². The Morgan fingerprint density at radius 1 is 1.16 bits per heavy atom. The highest BCUT2D eigenvalue weighted by molar-refractivity contribution is 5.87. The van der Waals surface area contributed by atoms with Gasteiger partial charge in [-0.05, 0) is 42.2 Å². The molecule has 1 saturated heterocycles. The Morgan fingerprint density at radius 2 is 1.84 bits per heavy atom. The summed E-state index contributed by atoms with van der Waals surface area (Å²) in [4.78, 5) is 25.5. The topological polar surface area (TPSA) is 66.8 Å². The zero-order valence-electron chi connectivity index (χ0n) is 17.5. The third-order valence-electron chi connectivity index (χ3n) is 5.65. The minimum absolute atomic E-state index is 0.0787. The van der Waals surface area contributed by atoms with Crippen LogP contribution in [0, 0.1) is 0 Å². The third-order valence-corrected chi connectivity index (χ3v) is 5.65. The van der Waals surface area contributed by atoms with Gasteiger partial charge in [0, 0.05) is 19.4 Å². The van der Waals surface area contributed by atoms with Gasteiger partial charge in [0.15, 0.2) is 5.78 Å². The molecule has 7 heteroatoms. The highest BCUT2D eigenvalue weighted by Gasteiger charge is 2.42. The minimum Gasteiger partial charge on any atom is -0.492 e. The number of alkyl halides is 2. The van der Waals surface area contributed by atoms with Gasteiger partial charge in [0.2, 0.25) is 0 Å². The van der Waals surface area contributed by atoms with E-state index < -0.39 is 24.5 Å². The molecule has 0 bridgehead atoms. The van der Waals surface area contributed by atoms with Gasteiger partial charge < -0.3 is 9.84 Å². The van der Waals surface area contributed by atoms with Crippen molar-refractivity contribution in [2.24, 2.45) is 0 Å². The molecule has 1 aliphatic heterocycles. The van der Waals surface area contributed by atoms with Crippen LogP contribution in [0.4, 0.5) is 8.78 Å². The number of likely N-dealkylation sites (tertiary alicyclic amines) is 1. The van der Waals surface area contributed by atoms with Crippen LogP contribution in [0.2, 0.25) is 0 Å². The largest absolute Gasteiger partial charge is 0.492 e. The van der Waals surface area contributed by atoms with Crippen LogP contribution in [0.25, 0.3) is 0 Å². The fourth-order valence-corrected chi connectivity index (χ4v) is 3.92. The molecule has 0 aliphatic carbocycles. The highest BCUT2D eigenvalue weighted by atomic mass is 19.3. The van der Waals surface area contributed by atoms with Gasteiger partial charge in [-0.25, -0.2) is 13.6 Å². The third kappa shape index (κ3) is 6.34.